The molecule has 1 atom stereocenters. The Bertz CT molecular complexity index is 566. The van der Waals surface area contributed by atoms with E-state index in [4.69, 9.17) is 0 Å². The number of aromatic nitrogens is 2. The van der Waals surface area contributed by atoms with Gasteiger partial charge in [0.2, 0.25) is 0 Å². The zero-order chi connectivity index (χ0) is 14.8. The van der Waals surface area contributed by atoms with Crippen LogP contribution in [0.25, 0.3) is 0 Å². The van der Waals surface area contributed by atoms with Gasteiger partial charge in [0.25, 0.3) is 0 Å². The Morgan fingerprint density at radius 3 is 2.45 bits per heavy atom. The standard InChI is InChI=1S/C13H13F3N2OS/c1-18-8-9(7-17-18)6-12(19)10-2-4-11(5-3-10)20-13(14,15)16/h2-5,7-8,12,19H,6H2,1H3. The van der Waals surface area contributed by atoms with Gasteiger partial charge in [-0.3, -0.25) is 4.68 Å². The van der Waals surface area contributed by atoms with Gasteiger partial charge in [-0.1, -0.05) is 12.1 Å². The number of aliphatic hydroxyl groups is 1. The number of thioether (sulfide) groups is 1. The maximum atomic E-state index is 12.2. The number of alkyl halides is 3. The summed E-state index contributed by atoms with van der Waals surface area (Å²) in [5.41, 5.74) is -2.84. The molecule has 1 N–H and O–H groups in total. The first-order valence-electron chi connectivity index (χ1n) is 5.85. The second-order valence-corrected chi connectivity index (χ2v) is 5.50. The van der Waals surface area contributed by atoms with E-state index >= 15 is 0 Å². The Labute approximate surface area is 118 Å². The molecule has 2 rings (SSSR count). The lowest BCUT2D eigenvalue weighted by Crippen LogP contribution is -2.02. The molecular weight excluding hydrogens is 289 g/mol. The van der Waals surface area contributed by atoms with E-state index in [1.807, 2.05) is 0 Å². The molecule has 20 heavy (non-hydrogen) atoms. The average Bonchev–Trinajstić information content (AvgIpc) is 2.73. The molecule has 0 amide bonds. The second-order valence-electron chi connectivity index (χ2n) is 4.36. The lowest BCUT2D eigenvalue weighted by Gasteiger charge is -2.11. The molecule has 1 aromatic carbocycles. The Balaban J connectivity index is 2.02. The van der Waals surface area contributed by atoms with Crippen molar-refractivity contribution in [3.05, 3.63) is 47.8 Å². The van der Waals surface area contributed by atoms with Crippen LogP contribution in [0, 0.1) is 0 Å². The van der Waals surface area contributed by atoms with Gasteiger partial charge in [-0.2, -0.15) is 18.3 Å². The molecule has 2 aromatic rings. The molecule has 0 aliphatic heterocycles. The van der Waals surface area contributed by atoms with Gasteiger partial charge in [0.05, 0.1) is 12.3 Å². The van der Waals surface area contributed by atoms with Crippen LogP contribution in [0.15, 0.2) is 41.6 Å². The molecule has 0 saturated carbocycles. The second kappa shape index (κ2) is 5.88. The van der Waals surface area contributed by atoms with Gasteiger partial charge < -0.3 is 5.11 Å². The maximum absolute atomic E-state index is 12.2. The van der Waals surface area contributed by atoms with E-state index in [0.29, 0.717) is 12.0 Å². The first-order chi connectivity index (χ1) is 9.33. The minimum Gasteiger partial charge on any atom is -0.388 e. The van der Waals surface area contributed by atoms with Gasteiger partial charge in [0.15, 0.2) is 0 Å². The Kier molecular flexibility index (Phi) is 4.39. The fourth-order valence-corrected chi connectivity index (χ4v) is 2.35. The van der Waals surface area contributed by atoms with Crippen molar-refractivity contribution in [1.82, 2.24) is 9.78 Å². The van der Waals surface area contributed by atoms with Crippen molar-refractivity contribution < 1.29 is 18.3 Å². The number of halogens is 3. The van der Waals surface area contributed by atoms with Crippen LogP contribution in [0.5, 0.6) is 0 Å². The maximum Gasteiger partial charge on any atom is 0.446 e. The smallest absolute Gasteiger partial charge is 0.388 e. The van der Waals surface area contributed by atoms with Crippen LogP contribution in [0.1, 0.15) is 17.2 Å². The quantitative estimate of drug-likeness (QED) is 0.881. The lowest BCUT2D eigenvalue weighted by atomic mass is 10.0. The summed E-state index contributed by atoms with van der Waals surface area (Å²) in [5, 5.41) is 14.0. The summed E-state index contributed by atoms with van der Waals surface area (Å²) in [5.74, 6) is 0. The van der Waals surface area contributed by atoms with E-state index in [0.717, 1.165) is 5.56 Å². The summed E-state index contributed by atoms with van der Waals surface area (Å²) in [7, 11) is 1.78. The molecular formula is C13H13F3N2OS. The summed E-state index contributed by atoms with van der Waals surface area (Å²) >= 11 is -0.166. The highest BCUT2D eigenvalue weighted by Gasteiger charge is 2.29. The third kappa shape index (κ3) is 4.28. The number of hydrogen-bond acceptors (Lipinski definition) is 3. The van der Waals surface area contributed by atoms with Crippen molar-refractivity contribution in [1.29, 1.82) is 0 Å². The number of aliphatic hydroxyl groups excluding tert-OH is 1. The van der Waals surface area contributed by atoms with Crippen LogP contribution in [0.3, 0.4) is 0 Å². The molecule has 7 heteroatoms. The van der Waals surface area contributed by atoms with Crippen LogP contribution in [0.2, 0.25) is 0 Å². The Morgan fingerprint density at radius 2 is 1.95 bits per heavy atom. The predicted octanol–water partition coefficient (Wildman–Crippen LogP) is 3.31. The van der Waals surface area contributed by atoms with Gasteiger partial charge in [-0.15, -0.1) is 0 Å². The normalized spacial score (nSPS) is 13.4. The molecule has 3 nitrogen and oxygen atoms in total. The zero-order valence-corrected chi connectivity index (χ0v) is 11.4. The number of aryl methyl sites for hydroxylation is 1. The summed E-state index contributed by atoms with van der Waals surface area (Å²) < 4.78 is 38.2. The monoisotopic (exact) mass is 302 g/mol. The number of hydrogen-bond donors (Lipinski definition) is 1. The van der Waals surface area contributed by atoms with Crippen molar-refractivity contribution in [3.63, 3.8) is 0 Å². The van der Waals surface area contributed by atoms with Gasteiger partial charge in [0.1, 0.15) is 0 Å². The van der Waals surface area contributed by atoms with E-state index in [1.165, 1.54) is 24.3 Å². The number of rotatable bonds is 4. The van der Waals surface area contributed by atoms with Gasteiger partial charge in [-0.25, -0.2) is 0 Å². The molecule has 1 aromatic heterocycles. The van der Waals surface area contributed by atoms with Gasteiger partial charge in [0, 0.05) is 24.6 Å². The Hall–Kier alpha value is -1.47. The summed E-state index contributed by atoms with van der Waals surface area (Å²) in [6, 6.07) is 5.74. The third-order valence-electron chi connectivity index (χ3n) is 2.69. The van der Waals surface area contributed by atoms with Crippen molar-refractivity contribution in [2.24, 2.45) is 7.05 Å². The molecule has 0 spiro atoms. The zero-order valence-electron chi connectivity index (χ0n) is 10.6. The fourth-order valence-electron chi connectivity index (χ4n) is 1.81. The molecule has 0 saturated heterocycles. The molecule has 0 fully saturated rings. The number of benzene rings is 1. The minimum atomic E-state index is -4.30. The molecule has 0 aliphatic rings. The SMILES string of the molecule is Cn1cc(CC(O)c2ccc(SC(F)(F)F)cc2)cn1. The molecule has 1 unspecified atom stereocenters. The highest BCUT2D eigenvalue weighted by molar-refractivity contribution is 8.00. The Morgan fingerprint density at radius 1 is 1.30 bits per heavy atom. The summed E-state index contributed by atoms with van der Waals surface area (Å²) in [6.45, 7) is 0. The minimum absolute atomic E-state index is 0.106. The fraction of sp³-hybridized carbons (Fsp3) is 0.308. The topological polar surface area (TPSA) is 38.0 Å². The van der Waals surface area contributed by atoms with E-state index in [2.05, 4.69) is 5.10 Å². The van der Waals surface area contributed by atoms with Gasteiger partial charge >= 0.3 is 5.51 Å². The molecule has 0 bridgehead atoms. The van der Waals surface area contributed by atoms with Gasteiger partial charge in [-0.05, 0) is 35.0 Å². The van der Waals surface area contributed by atoms with E-state index in [1.54, 1.807) is 24.1 Å². The van der Waals surface area contributed by atoms with Crippen molar-refractivity contribution >= 4 is 11.8 Å². The molecule has 1 heterocycles. The van der Waals surface area contributed by atoms with Crippen LogP contribution < -0.4 is 0 Å². The molecule has 0 radical (unpaired) electrons. The highest BCUT2D eigenvalue weighted by Crippen LogP contribution is 2.37. The van der Waals surface area contributed by atoms with Crippen LogP contribution in [-0.4, -0.2) is 20.4 Å². The van der Waals surface area contributed by atoms with Crippen molar-refractivity contribution in [2.75, 3.05) is 0 Å². The van der Waals surface area contributed by atoms with E-state index < -0.39 is 11.6 Å². The average molecular weight is 302 g/mol. The summed E-state index contributed by atoms with van der Waals surface area (Å²) in [6.07, 6.45) is 3.05. The van der Waals surface area contributed by atoms with E-state index in [-0.39, 0.29) is 16.7 Å². The van der Waals surface area contributed by atoms with E-state index in [9.17, 15) is 18.3 Å². The predicted molar refractivity (Wildman–Crippen MR) is 70.2 cm³/mol. The number of nitrogens with zero attached hydrogens (tertiary/aromatic N) is 2. The van der Waals surface area contributed by atoms with Crippen LogP contribution >= 0.6 is 11.8 Å². The first-order valence-corrected chi connectivity index (χ1v) is 6.66. The van der Waals surface area contributed by atoms with Crippen molar-refractivity contribution in [2.45, 2.75) is 22.9 Å². The third-order valence-corrected chi connectivity index (χ3v) is 3.43. The van der Waals surface area contributed by atoms with Crippen molar-refractivity contribution in [3.8, 4) is 0 Å². The summed E-state index contributed by atoms with van der Waals surface area (Å²) in [4.78, 5) is 0.106. The highest BCUT2D eigenvalue weighted by atomic mass is 32.2. The molecule has 0 aliphatic carbocycles. The lowest BCUT2D eigenvalue weighted by molar-refractivity contribution is -0.0328. The van der Waals surface area contributed by atoms with Crippen LogP contribution in [0.4, 0.5) is 13.2 Å². The van der Waals surface area contributed by atoms with Crippen LogP contribution in [-0.2, 0) is 13.5 Å². The largest absolute Gasteiger partial charge is 0.446 e. The molecule has 108 valence electrons. The first kappa shape index (κ1) is 14.9.